The molecule has 0 bridgehead atoms. The summed E-state index contributed by atoms with van der Waals surface area (Å²) in [6.07, 6.45) is 0. The number of halogens is 2. The fourth-order valence-electron chi connectivity index (χ4n) is 1.91. The molecular weight excluding hydrogens is 321 g/mol. The molecule has 0 aliphatic heterocycles. The summed E-state index contributed by atoms with van der Waals surface area (Å²) in [6, 6.07) is 11.4. The van der Waals surface area contributed by atoms with Crippen molar-refractivity contribution in [2.45, 2.75) is 6.54 Å². The van der Waals surface area contributed by atoms with E-state index in [0.717, 1.165) is 11.3 Å². The van der Waals surface area contributed by atoms with Crippen LogP contribution < -0.4 is 9.47 Å². The van der Waals surface area contributed by atoms with Gasteiger partial charge in [0.1, 0.15) is 17.3 Å². The molecule has 0 fully saturated rings. The summed E-state index contributed by atoms with van der Waals surface area (Å²) in [5.74, 6) is 0.394. The van der Waals surface area contributed by atoms with Gasteiger partial charge in [-0.25, -0.2) is 4.39 Å². The van der Waals surface area contributed by atoms with Gasteiger partial charge in [-0.15, -0.1) is 0 Å². The number of amides is 1. The molecule has 23 heavy (non-hydrogen) atoms. The number of hydrogen-bond donors (Lipinski definition) is 0. The van der Waals surface area contributed by atoms with E-state index < -0.39 is 5.82 Å². The Kier molecular flexibility index (Phi) is 5.82. The number of likely N-dealkylation sites (N-methyl/N-ethyl adjacent to an activating group) is 1. The second-order valence-electron chi connectivity index (χ2n) is 4.96. The minimum atomic E-state index is -0.526. The van der Waals surface area contributed by atoms with E-state index in [-0.39, 0.29) is 17.5 Å². The Hall–Kier alpha value is -2.27. The zero-order chi connectivity index (χ0) is 16.8. The van der Waals surface area contributed by atoms with Crippen LogP contribution in [0.2, 0.25) is 5.02 Å². The SMILES string of the molecule is COc1ccc(CN(C)C(=O)COc2ccc(F)c(Cl)c2)cc1. The first-order valence-corrected chi connectivity index (χ1v) is 7.32. The van der Waals surface area contributed by atoms with Crippen molar-refractivity contribution < 1.29 is 18.7 Å². The number of hydrogen-bond acceptors (Lipinski definition) is 3. The van der Waals surface area contributed by atoms with Gasteiger partial charge in [-0.1, -0.05) is 23.7 Å². The van der Waals surface area contributed by atoms with Gasteiger partial charge in [-0.3, -0.25) is 4.79 Å². The lowest BCUT2D eigenvalue weighted by atomic mass is 10.2. The lowest BCUT2D eigenvalue weighted by Crippen LogP contribution is -2.30. The summed E-state index contributed by atoms with van der Waals surface area (Å²) in [7, 11) is 3.29. The van der Waals surface area contributed by atoms with Crippen LogP contribution in [-0.4, -0.2) is 31.6 Å². The standard InChI is InChI=1S/C17H17ClFNO3/c1-20(10-12-3-5-13(22-2)6-4-12)17(21)11-23-14-7-8-16(19)15(18)9-14/h3-9H,10-11H2,1-2H3. The number of carbonyl (C=O) groups excluding carboxylic acids is 1. The molecule has 0 unspecified atom stereocenters. The number of carbonyl (C=O) groups is 1. The second kappa shape index (κ2) is 7.83. The van der Waals surface area contributed by atoms with Crippen LogP contribution in [0.25, 0.3) is 0 Å². The average molecular weight is 338 g/mol. The molecule has 2 rings (SSSR count). The highest BCUT2D eigenvalue weighted by Gasteiger charge is 2.11. The summed E-state index contributed by atoms with van der Waals surface area (Å²) < 4.78 is 23.5. The van der Waals surface area contributed by atoms with Gasteiger partial charge < -0.3 is 14.4 Å². The lowest BCUT2D eigenvalue weighted by molar-refractivity contribution is -0.132. The number of benzene rings is 2. The molecule has 0 heterocycles. The molecule has 0 saturated heterocycles. The molecule has 0 atom stereocenters. The molecule has 0 spiro atoms. The summed E-state index contributed by atoms with van der Waals surface area (Å²) in [5, 5.41) is -0.0402. The monoisotopic (exact) mass is 337 g/mol. The van der Waals surface area contributed by atoms with Gasteiger partial charge in [0.15, 0.2) is 6.61 Å². The van der Waals surface area contributed by atoms with Crippen LogP contribution in [0.4, 0.5) is 4.39 Å². The van der Waals surface area contributed by atoms with Crippen molar-refractivity contribution in [1.82, 2.24) is 4.90 Å². The van der Waals surface area contributed by atoms with Crippen LogP contribution in [0.3, 0.4) is 0 Å². The van der Waals surface area contributed by atoms with Crippen molar-refractivity contribution >= 4 is 17.5 Å². The van der Waals surface area contributed by atoms with Gasteiger partial charge in [0.25, 0.3) is 5.91 Å². The highest BCUT2D eigenvalue weighted by molar-refractivity contribution is 6.30. The van der Waals surface area contributed by atoms with Crippen molar-refractivity contribution in [3.63, 3.8) is 0 Å². The first kappa shape index (κ1) is 17.1. The smallest absolute Gasteiger partial charge is 0.260 e. The summed E-state index contributed by atoms with van der Waals surface area (Å²) in [4.78, 5) is 13.6. The predicted molar refractivity (Wildman–Crippen MR) is 86.4 cm³/mol. The lowest BCUT2D eigenvalue weighted by Gasteiger charge is -2.18. The Morgan fingerprint density at radius 3 is 2.43 bits per heavy atom. The Morgan fingerprint density at radius 2 is 1.83 bits per heavy atom. The largest absolute Gasteiger partial charge is 0.497 e. The number of ether oxygens (including phenoxy) is 2. The topological polar surface area (TPSA) is 38.8 Å². The third-order valence-electron chi connectivity index (χ3n) is 3.26. The molecular formula is C17H17ClFNO3. The quantitative estimate of drug-likeness (QED) is 0.809. The number of nitrogens with zero attached hydrogens (tertiary/aromatic N) is 1. The molecule has 6 heteroatoms. The van der Waals surface area contributed by atoms with Crippen LogP contribution in [0.1, 0.15) is 5.56 Å². The van der Waals surface area contributed by atoms with Crippen LogP contribution in [0, 0.1) is 5.82 Å². The van der Waals surface area contributed by atoms with Crippen molar-refractivity contribution in [3.8, 4) is 11.5 Å². The minimum absolute atomic E-state index is 0.0402. The zero-order valence-electron chi connectivity index (χ0n) is 12.9. The Labute approximate surface area is 139 Å². The molecule has 0 aromatic heterocycles. The van der Waals surface area contributed by atoms with E-state index in [0.29, 0.717) is 12.3 Å². The van der Waals surface area contributed by atoms with Crippen molar-refractivity contribution in [2.24, 2.45) is 0 Å². The minimum Gasteiger partial charge on any atom is -0.497 e. The first-order chi connectivity index (χ1) is 11.0. The van der Waals surface area contributed by atoms with Crippen LogP contribution >= 0.6 is 11.6 Å². The van der Waals surface area contributed by atoms with Crippen LogP contribution in [-0.2, 0) is 11.3 Å². The molecule has 0 aliphatic carbocycles. The second-order valence-corrected chi connectivity index (χ2v) is 5.37. The molecule has 0 N–H and O–H groups in total. The van der Waals surface area contributed by atoms with E-state index in [2.05, 4.69) is 0 Å². The molecule has 0 aliphatic rings. The van der Waals surface area contributed by atoms with E-state index in [9.17, 15) is 9.18 Å². The Bertz CT molecular complexity index is 676. The maximum absolute atomic E-state index is 13.1. The van der Waals surface area contributed by atoms with Crippen LogP contribution in [0.15, 0.2) is 42.5 Å². The Balaban J connectivity index is 1.87. The maximum Gasteiger partial charge on any atom is 0.260 e. The summed E-state index contributed by atoms with van der Waals surface area (Å²) in [6.45, 7) is 0.310. The molecule has 2 aromatic carbocycles. The highest BCUT2D eigenvalue weighted by Crippen LogP contribution is 2.21. The maximum atomic E-state index is 13.1. The molecule has 0 radical (unpaired) electrons. The fraction of sp³-hybridized carbons (Fsp3) is 0.235. The van der Waals surface area contributed by atoms with Gasteiger partial charge >= 0.3 is 0 Å². The van der Waals surface area contributed by atoms with E-state index in [4.69, 9.17) is 21.1 Å². The van der Waals surface area contributed by atoms with Crippen LogP contribution in [0.5, 0.6) is 11.5 Å². The van der Waals surface area contributed by atoms with E-state index in [1.54, 1.807) is 19.1 Å². The highest BCUT2D eigenvalue weighted by atomic mass is 35.5. The average Bonchev–Trinajstić information content (AvgIpc) is 2.56. The van der Waals surface area contributed by atoms with Gasteiger partial charge in [-0.2, -0.15) is 0 Å². The number of methoxy groups -OCH3 is 1. The third-order valence-corrected chi connectivity index (χ3v) is 3.55. The van der Waals surface area contributed by atoms with Gasteiger partial charge in [-0.05, 0) is 29.8 Å². The van der Waals surface area contributed by atoms with Crippen molar-refractivity contribution in [3.05, 3.63) is 58.9 Å². The third kappa shape index (κ3) is 4.86. The van der Waals surface area contributed by atoms with Gasteiger partial charge in [0.05, 0.1) is 12.1 Å². The van der Waals surface area contributed by atoms with Gasteiger partial charge in [0.2, 0.25) is 0 Å². The molecule has 4 nitrogen and oxygen atoms in total. The van der Waals surface area contributed by atoms with Gasteiger partial charge in [0, 0.05) is 19.7 Å². The van der Waals surface area contributed by atoms with E-state index in [1.165, 1.54) is 18.2 Å². The molecule has 1 amide bonds. The van der Waals surface area contributed by atoms with E-state index in [1.807, 2.05) is 24.3 Å². The van der Waals surface area contributed by atoms with Crippen molar-refractivity contribution in [2.75, 3.05) is 20.8 Å². The molecule has 2 aromatic rings. The summed E-state index contributed by atoms with van der Waals surface area (Å²) in [5.41, 5.74) is 0.978. The summed E-state index contributed by atoms with van der Waals surface area (Å²) >= 11 is 5.66. The number of rotatable bonds is 6. The Morgan fingerprint density at radius 1 is 1.17 bits per heavy atom. The van der Waals surface area contributed by atoms with Crippen molar-refractivity contribution in [1.29, 1.82) is 0 Å². The first-order valence-electron chi connectivity index (χ1n) is 6.94. The molecule has 122 valence electrons. The predicted octanol–water partition coefficient (Wildman–Crippen LogP) is 3.53. The normalized spacial score (nSPS) is 10.3. The zero-order valence-corrected chi connectivity index (χ0v) is 13.6. The fourth-order valence-corrected chi connectivity index (χ4v) is 2.09. The molecule has 0 saturated carbocycles. The van der Waals surface area contributed by atoms with E-state index >= 15 is 0 Å².